The van der Waals surface area contributed by atoms with Gasteiger partial charge in [0.25, 0.3) is 0 Å². The van der Waals surface area contributed by atoms with Gasteiger partial charge in [0, 0.05) is 23.6 Å². The lowest BCUT2D eigenvalue weighted by atomic mass is 10.2. The van der Waals surface area contributed by atoms with E-state index in [2.05, 4.69) is 5.32 Å². The number of nitro groups is 1. The van der Waals surface area contributed by atoms with Gasteiger partial charge in [0.15, 0.2) is 17.2 Å². The number of carbonyl (C=O) groups excluding carboxylic acids is 1. The Morgan fingerprint density at radius 3 is 2.35 bits per heavy atom. The smallest absolute Gasteiger partial charge is 0.311 e. The van der Waals surface area contributed by atoms with Gasteiger partial charge in [-0.05, 0) is 36.6 Å². The van der Waals surface area contributed by atoms with Gasteiger partial charge in [-0.25, -0.2) is 0 Å². The quantitative estimate of drug-likeness (QED) is 0.338. The first kappa shape index (κ1) is 24.3. The molecule has 0 fully saturated rings. The molecule has 0 bridgehead atoms. The molecule has 2 rings (SSSR count). The number of methoxy groups -OCH3 is 1. The molecule has 9 heteroatoms. The van der Waals surface area contributed by atoms with Crippen molar-refractivity contribution in [1.82, 2.24) is 0 Å². The van der Waals surface area contributed by atoms with E-state index in [-0.39, 0.29) is 23.1 Å². The molecule has 168 valence electrons. The van der Waals surface area contributed by atoms with Crippen LogP contribution in [0.5, 0.6) is 17.2 Å². The monoisotopic (exact) mass is 448 g/mol. The third-order valence-electron chi connectivity index (χ3n) is 4.09. The van der Waals surface area contributed by atoms with Gasteiger partial charge in [-0.1, -0.05) is 19.9 Å². The molecule has 2 aromatic carbocycles. The molecule has 0 aliphatic rings. The van der Waals surface area contributed by atoms with Gasteiger partial charge in [0.2, 0.25) is 5.91 Å². The Bertz CT molecular complexity index is 890. The molecule has 0 unspecified atom stereocenters. The number of thioether (sulfide) groups is 1. The summed E-state index contributed by atoms with van der Waals surface area (Å²) in [6, 6.07) is 10.1. The maximum Gasteiger partial charge on any atom is 0.311 e. The minimum Gasteiger partial charge on any atom is -0.490 e. The number of ether oxygens (including phenoxy) is 3. The lowest BCUT2D eigenvalue weighted by Gasteiger charge is -2.14. The van der Waals surface area contributed by atoms with Gasteiger partial charge in [-0.15, -0.1) is 11.8 Å². The number of nitrogens with zero attached hydrogens (tertiary/aromatic N) is 1. The molecule has 0 heterocycles. The first-order valence-electron chi connectivity index (χ1n) is 10.1. The van der Waals surface area contributed by atoms with E-state index in [1.54, 1.807) is 30.3 Å². The zero-order valence-electron chi connectivity index (χ0n) is 18.0. The number of hydrogen-bond donors (Lipinski definition) is 1. The molecule has 0 saturated heterocycles. The molecule has 2 aromatic rings. The minimum absolute atomic E-state index is 0.0879. The summed E-state index contributed by atoms with van der Waals surface area (Å²) in [7, 11) is 1.39. The molecule has 1 amide bonds. The van der Waals surface area contributed by atoms with Crippen LogP contribution in [0, 0.1) is 10.1 Å². The highest BCUT2D eigenvalue weighted by Gasteiger charge is 2.15. The molecular weight excluding hydrogens is 420 g/mol. The average Bonchev–Trinajstić information content (AvgIpc) is 2.76. The number of amides is 1. The van der Waals surface area contributed by atoms with Gasteiger partial charge in [-0.2, -0.15) is 0 Å². The fraction of sp³-hybridized carbons (Fsp3) is 0.409. The van der Waals surface area contributed by atoms with Crippen molar-refractivity contribution < 1.29 is 23.9 Å². The summed E-state index contributed by atoms with van der Waals surface area (Å²) >= 11 is 1.37. The molecule has 0 spiro atoms. The van der Waals surface area contributed by atoms with E-state index in [0.29, 0.717) is 36.2 Å². The Morgan fingerprint density at radius 2 is 1.71 bits per heavy atom. The summed E-state index contributed by atoms with van der Waals surface area (Å²) in [4.78, 5) is 23.0. The van der Waals surface area contributed by atoms with Crippen molar-refractivity contribution in [3.63, 3.8) is 0 Å². The molecule has 0 radical (unpaired) electrons. The standard InChI is InChI=1S/C22H28N2O6S/c1-4-10-29-20-9-7-17(13-21(20)30-11-5-2)23-22(25)15-31-14-16-6-8-19(28-3)18(12-16)24(26)27/h6-9,12-13H,4-5,10-11,14-15H2,1-3H3,(H,23,25). The highest BCUT2D eigenvalue weighted by molar-refractivity contribution is 7.99. The van der Waals surface area contributed by atoms with E-state index in [1.807, 2.05) is 13.8 Å². The Labute approximate surface area is 186 Å². The Hall–Kier alpha value is -2.94. The zero-order chi connectivity index (χ0) is 22.6. The summed E-state index contributed by atoms with van der Waals surface area (Å²) in [6.07, 6.45) is 1.75. The topological polar surface area (TPSA) is 99.9 Å². The lowest BCUT2D eigenvalue weighted by Crippen LogP contribution is -2.14. The summed E-state index contributed by atoms with van der Waals surface area (Å²) in [5.74, 6) is 1.97. The van der Waals surface area contributed by atoms with Gasteiger partial charge < -0.3 is 19.5 Å². The second-order valence-electron chi connectivity index (χ2n) is 6.66. The van der Waals surface area contributed by atoms with Crippen LogP contribution < -0.4 is 19.5 Å². The Balaban J connectivity index is 1.93. The molecular formula is C22H28N2O6S. The molecule has 1 N–H and O–H groups in total. The second-order valence-corrected chi connectivity index (χ2v) is 7.65. The van der Waals surface area contributed by atoms with E-state index in [1.165, 1.54) is 24.9 Å². The van der Waals surface area contributed by atoms with E-state index >= 15 is 0 Å². The fourth-order valence-corrected chi connectivity index (χ4v) is 3.44. The molecule has 0 aliphatic heterocycles. The molecule has 0 atom stereocenters. The number of benzene rings is 2. The number of nitrogens with one attached hydrogen (secondary N) is 1. The van der Waals surface area contributed by atoms with E-state index < -0.39 is 4.92 Å². The Morgan fingerprint density at radius 1 is 1.03 bits per heavy atom. The van der Waals surface area contributed by atoms with Crippen LogP contribution in [-0.2, 0) is 10.5 Å². The van der Waals surface area contributed by atoms with Crippen LogP contribution in [0.2, 0.25) is 0 Å². The van der Waals surface area contributed by atoms with Crippen molar-refractivity contribution in [3.8, 4) is 17.2 Å². The first-order valence-corrected chi connectivity index (χ1v) is 11.2. The van der Waals surface area contributed by atoms with Gasteiger partial charge in [-0.3, -0.25) is 14.9 Å². The molecule has 0 aromatic heterocycles. The van der Waals surface area contributed by atoms with Crippen LogP contribution in [-0.4, -0.2) is 36.9 Å². The van der Waals surface area contributed by atoms with Crippen LogP contribution in [0.25, 0.3) is 0 Å². The minimum atomic E-state index is -0.480. The van der Waals surface area contributed by atoms with Gasteiger partial charge >= 0.3 is 5.69 Å². The molecule has 8 nitrogen and oxygen atoms in total. The highest BCUT2D eigenvalue weighted by atomic mass is 32.2. The van der Waals surface area contributed by atoms with E-state index in [9.17, 15) is 14.9 Å². The maximum absolute atomic E-state index is 12.3. The zero-order valence-corrected chi connectivity index (χ0v) is 18.8. The first-order chi connectivity index (χ1) is 15.0. The van der Waals surface area contributed by atoms with Crippen LogP contribution in [0.3, 0.4) is 0 Å². The second kappa shape index (κ2) is 12.7. The predicted octanol–water partition coefficient (Wildman–Crippen LogP) is 5.05. The number of carbonyl (C=O) groups is 1. The normalized spacial score (nSPS) is 10.4. The number of anilines is 1. The van der Waals surface area contributed by atoms with Crippen LogP contribution >= 0.6 is 11.8 Å². The van der Waals surface area contributed by atoms with Crippen LogP contribution in [0.1, 0.15) is 32.3 Å². The molecule has 31 heavy (non-hydrogen) atoms. The maximum atomic E-state index is 12.3. The largest absolute Gasteiger partial charge is 0.490 e. The van der Waals surface area contributed by atoms with E-state index in [0.717, 1.165) is 18.4 Å². The van der Waals surface area contributed by atoms with Crippen molar-refractivity contribution in [2.24, 2.45) is 0 Å². The van der Waals surface area contributed by atoms with Crippen molar-refractivity contribution in [2.45, 2.75) is 32.4 Å². The average molecular weight is 449 g/mol. The summed E-state index contributed by atoms with van der Waals surface area (Å²) in [5, 5.41) is 14.0. The Kier molecular flexibility index (Phi) is 9.96. The van der Waals surface area contributed by atoms with Gasteiger partial charge in [0.1, 0.15) is 0 Å². The van der Waals surface area contributed by atoms with Crippen molar-refractivity contribution in [3.05, 3.63) is 52.1 Å². The van der Waals surface area contributed by atoms with Crippen LogP contribution in [0.15, 0.2) is 36.4 Å². The SMILES string of the molecule is CCCOc1ccc(NC(=O)CSCc2ccc(OC)c([N+](=O)[O-])c2)cc1OCCC. The lowest BCUT2D eigenvalue weighted by molar-refractivity contribution is -0.385. The third-order valence-corrected chi connectivity index (χ3v) is 5.10. The number of nitro benzene ring substituents is 1. The summed E-state index contributed by atoms with van der Waals surface area (Å²) in [5.41, 5.74) is 1.29. The highest BCUT2D eigenvalue weighted by Crippen LogP contribution is 2.31. The van der Waals surface area contributed by atoms with E-state index in [4.69, 9.17) is 14.2 Å². The fourth-order valence-electron chi connectivity index (χ4n) is 2.67. The van der Waals surface area contributed by atoms with Crippen molar-refractivity contribution in [2.75, 3.05) is 31.4 Å². The number of hydrogen-bond acceptors (Lipinski definition) is 7. The third kappa shape index (κ3) is 7.67. The number of rotatable bonds is 13. The summed E-state index contributed by atoms with van der Waals surface area (Å²) < 4.78 is 16.5. The molecule has 0 aliphatic carbocycles. The molecule has 0 saturated carbocycles. The predicted molar refractivity (Wildman–Crippen MR) is 122 cm³/mol. The summed E-state index contributed by atoms with van der Waals surface area (Å²) in [6.45, 7) is 5.20. The van der Waals surface area contributed by atoms with Crippen LogP contribution in [0.4, 0.5) is 11.4 Å². The van der Waals surface area contributed by atoms with Crippen molar-refractivity contribution in [1.29, 1.82) is 0 Å². The van der Waals surface area contributed by atoms with Crippen molar-refractivity contribution >= 4 is 29.0 Å². The van der Waals surface area contributed by atoms with Gasteiger partial charge in [0.05, 0.1) is 31.0 Å².